The maximum Gasteiger partial charge on any atom is 0.126 e. The second-order valence-electron chi connectivity index (χ2n) is 4.80. The van der Waals surface area contributed by atoms with Gasteiger partial charge in [-0.15, -0.1) is 0 Å². The standard InChI is InChI=1S/C15H22FN/c1-12(2)11-17-9-5-4-6-14-7-8-15(16)13(3)10-14/h4,6-8,10,12,17H,5,9,11H2,1-3H3. The normalized spacial score (nSPS) is 11.6. The first-order valence-corrected chi connectivity index (χ1v) is 6.23. The molecular weight excluding hydrogens is 213 g/mol. The Kier molecular flexibility index (Phi) is 5.92. The molecule has 0 atom stereocenters. The molecule has 0 unspecified atom stereocenters. The van der Waals surface area contributed by atoms with E-state index in [-0.39, 0.29) is 5.82 Å². The second-order valence-corrected chi connectivity index (χ2v) is 4.80. The van der Waals surface area contributed by atoms with Crippen molar-refractivity contribution in [3.63, 3.8) is 0 Å². The first kappa shape index (κ1) is 13.9. The average Bonchev–Trinajstić information content (AvgIpc) is 2.27. The van der Waals surface area contributed by atoms with E-state index >= 15 is 0 Å². The highest BCUT2D eigenvalue weighted by atomic mass is 19.1. The van der Waals surface area contributed by atoms with Crippen molar-refractivity contribution in [1.82, 2.24) is 5.32 Å². The minimum Gasteiger partial charge on any atom is -0.316 e. The summed E-state index contributed by atoms with van der Waals surface area (Å²) in [7, 11) is 0. The minimum atomic E-state index is -0.138. The summed E-state index contributed by atoms with van der Waals surface area (Å²) in [6.45, 7) is 8.24. The number of rotatable bonds is 6. The quantitative estimate of drug-likeness (QED) is 0.740. The summed E-state index contributed by atoms with van der Waals surface area (Å²) in [5.41, 5.74) is 1.76. The van der Waals surface area contributed by atoms with Gasteiger partial charge in [-0.2, -0.15) is 0 Å². The van der Waals surface area contributed by atoms with Gasteiger partial charge in [-0.3, -0.25) is 0 Å². The van der Waals surface area contributed by atoms with E-state index in [0.717, 1.165) is 25.1 Å². The van der Waals surface area contributed by atoms with Crippen LogP contribution in [-0.2, 0) is 0 Å². The van der Waals surface area contributed by atoms with Crippen LogP contribution in [0.1, 0.15) is 31.4 Å². The Labute approximate surface area is 104 Å². The fraction of sp³-hybridized carbons (Fsp3) is 0.467. The molecule has 1 nitrogen and oxygen atoms in total. The van der Waals surface area contributed by atoms with Crippen molar-refractivity contribution in [1.29, 1.82) is 0 Å². The van der Waals surface area contributed by atoms with Crippen LogP contribution in [0.15, 0.2) is 24.3 Å². The highest BCUT2D eigenvalue weighted by Crippen LogP contribution is 2.10. The smallest absolute Gasteiger partial charge is 0.126 e. The molecule has 0 fully saturated rings. The summed E-state index contributed by atoms with van der Waals surface area (Å²) in [6, 6.07) is 5.19. The monoisotopic (exact) mass is 235 g/mol. The minimum absolute atomic E-state index is 0.138. The number of aryl methyl sites for hydroxylation is 1. The van der Waals surface area contributed by atoms with Crippen LogP contribution in [-0.4, -0.2) is 13.1 Å². The third-order valence-corrected chi connectivity index (χ3v) is 2.53. The molecule has 0 aliphatic carbocycles. The zero-order valence-electron chi connectivity index (χ0n) is 11.0. The highest BCUT2D eigenvalue weighted by molar-refractivity contribution is 5.50. The topological polar surface area (TPSA) is 12.0 Å². The van der Waals surface area contributed by atoms with Crippen LogP contribution in [0.5, 0.6) is 0 Å². The molecule has 0 aromatic heterocycles. The number of nitrogens with one attached hydrogen (secondary N) is 1. The molecule has 0 amide bonds. The molecule has 2 heteroatoms. The molecule has 0 saturated heterocycles. The van der Waals surface area contributed by atoms with E-state index in [2.05, 4.69) is 25.2 Å². The third-order valence-electron chi connectivity index (χ3n) is 2.53. The highest BCUT2D eigenvalue weighted by Gasteiger charge is 1.95. The molecule has 0 saturated carbocycles. The Balaban J connectivity index is 2.31. The van der Waals surface area contributed by atoms with Crippen molar-refractivity contribution in [2.24, 2.45) is 5.92 Å². The lowest BCUT2D eigenvalue weighted by Crippen LogP contribution is -2.20. The molecule has 1 rings (SSSR count). The van der Waals surface area contributed by atoms with Gasteiger partial charge in [0.2, 0.25) is 0 Å². The number of hydrogen-bond donors (Lipinski definition) is 1. The summed E-state index contributed by atoms with van der Waals surface area (Å²) >= 11 is 0. The van der Waals surface area contributed by atoms with Crippen LogP contribution in [0.4, 0.5) is 4.39 Å². The van der Waals surface area contributed by atoms with E-state index in [9.17, 15) is 4.39 Å². The fourth-order valence-corrected chi connectivity index (χ4v) is 1.57. The van der Waals surface area contributed by atoms with Gasteiger partial charge in [-0.05, 0) is 55.6 Å². The van der Waals surface area contributed by atoms with Crippen molar-refractivity contribution in [3.05, 3.63) is 41.2 Å². The largest absolute Gasteiger partial charge is 0.316 e. The van der Waals surface area contributed by atoms with E-state index in [4.69, 9.17) is 0 Å². The van der Waals surface area contributed by atoms with Crippen LogP contribution in [0.25, 0.3) is 6.08 Å². The van der Waals surface area contributed by atoms with Gasteiger partial charge in [-0.25, -0.2) is 4.39 Å². The fourth-order valence-electron chi connectivity index (χ4n) is 1.57. The molecule has 17 heavy (non-hydrogen) atoms. The van der Waals surface area contributed by atoms with Crippen LogP contribution in [0.2, 0.25) is 0 Å². The van der Waals surface area contributed by atoms with Gasteiger partial charge in [0.05, 0.1) is 0 Å². The summed E-state index contributed by atoms with van der Waals surface area (Å²) in [4.78, 5) is 0. The average molecular weight is 235 g/mol. The van der Waals surface area contributed by atoms with E-state index in [1.54, 1.807) is 13.0 Å². The Morgan fingerprint density at radius 3 is 2.76 bits per heavy atom. The zero-order chi connectivity index (χ0) is 12.7. The first-order chi connectivity index (χ1) is 8.09. The predicted molar refractivity (Wildman–Crippen MR) is 72.5 cm³/mol. The lowest BCUT2D eigenvalue weighted by molar-refractivity contribution is 0.557. The SMILES string of the molecule is Cc1cc(C=CCCNCC(C)C)ccc1F. The van der Waals surface area contributed by atoms with Crippen molar-refractivity contribution >= 4 is 6.08 Å². The van der Waals surface area contributed by atoms with Gasteiger partial charge in [0.25, 0.3) is 0 Å². The summed E-state index contributed by atoms with van der Waals surface area (Å²) in [5.74, 6) is 0.555. The summed E-state index contributed by atoms with van der Waals surface area (Å²) in [5, 5.41) is 3.38. The third kappa shape index (κ3) is 5.64. The van der Waals surface area contributed by atoms with E-state index in [0.29, 0.717) is 11.5 Å². The van der Waals surface area contributed by atoms with Crippen molar-refractivity contribution in [3.8, 4) is 0 Å². The molecule has 0 spiro atoms. The molecule has 1 N–H and O–H groups in total. The molecule has 94 valence electrons. The maximum absolute atomic E-state index is 13.0. The van der Waals surface area contributed by atoms with Gasteiger partial charge in [0.15, 0.2) is 0 Å². The van der Waals surface area contributed by atoms with Gasteiger partial charge < -0.3 is 5.32 Å². The van der Waals surface area contributed by atoms with Crippen LogP contribution in [0, 0.1) is 18.7 Å². The lowest BCUT2D eigenvalue weighted by atomic mass is 10.1. The van der Waals surface area contributed by atoms with Gasteiger partial charge in [0.1, 0.15) is 5.82 Å². The van der Waals surface area contributed by atoms with Gasteiger partial charge in [0, 0.05) is 0 Å². The Hall–Kier alpha value is -1.15. The Bertz CT molecular complexity index is 369. The molecule has 0 radical (unpaired) electrons. The predicted octanol–water partition coefficient (Wildman–Crippen LogP) is 3.78. The van der Waals surface area contributed by atoms with Crippen LogP contribution in [0.3, 0.4) is 0 Å². The zero-order valence-corrected chi connectivity index (χ0v) is 11.0. The number of benzene rings is 1. The molecule has 0 heterocycles. The molecular formula is C15H22FN. The summed E-state index contributed by atoms with van der Waals surface area (Å²) in [6.07, 6.45) is 5.17. The maximum atomic E-state index is 13.0. The molecule has 0 aliphatic rings. The van der Waals surface area contributed by atoms with Gasteiger partial charge in [-0.1, -0.05) is 32.1 Å². The first-order valence-electron chi connectivity index (χ1n) is 6.23. The molecule has 1 aromatic rings. The second kappa shape index (κ2) is 7.23. The van der Waals surface area contributed by atoms with Crippen molar-refractivity contribution < 1.29 is 4.39 Å². The van der Waals surface area contributed by atoms with Crippen LogP contribution >= 0.6 is 0 Å². The molecule has 0 aliphatic heterocycles. The molecule has 0 bridgehead atoms. The van der Waals surface area contributed by atoms with E-state index < -0.39 is 0 Å². The lowest BCUT2D eigenvalue weighted by Gasteiger charge is -2.04. The van der Waals surface area contributed by atoms with Crippen LogP contribution < -0.4 is 5.32 Å². The van der Waals surface area contributed by atoms with E-state index in [1.165, 1.54) is 6.07 Å². The van der Waals surface area contributed by atoms with Crippen molar-refractivity contribution in [2.75, 3.05) is 13.1 Å². The van der Waals surface area contributed by atoms with Gasteiger partial charge >= 0.3 is 0 Å². The molecule has 1 aromatic carbocycles. The number of halogens is 1. The summed E-state index contributed by atoms with van der Waals surface area (Å²) < 4.78 is 13.0. The van der Waals surface area contributed by atoms with E-state index in [1.807, 2.05) is 12.1 Å². The number of hydrogen-bond acceptors (Lipinski definition) is 1. The Morgan fingerprint density at radius 1 is 1.35 bits per heavy atom. The van der Waals surface area contributed by atoms with Crippen molar-refractivity contribution in [2.45, 2.75) is 27.2 Å². The Morgan fingerprint density at radius 2 is 2.12 bits per heavy atom.